The minimum atomic E-state index is -0.0524. The van der Waals surface area contributed by atoms with Crippen LogP contribution in [-0.4, -0.2) is 18.0 Å². The van der Waals surface area contributed by atoms with Crippen molar-refractivity contribution in [3.05, 3.63) is 126 Å². The maximum absolute atomic E-state index is 4.41. The average molecular weight is 465 g/mol. The Bertz CT molecular complexity index is 1180. The number of rotatable bonds is 6. The lowest BCUT2D eigenvalue weighted by Gasteiger charge is -2.44. The number of nitrogens with one attached hydrogen (secondary N) is 1. The number of benzene rings is 3. The van der Waals surface area contributed by atoms with E-state index in [1.807, 2.05) is 42.5 Å². The van der Waals surface area contributed by atoms with Gasteiger partial charge in [0.1, 0.15) is 0 Å². The van der Waals surface area contributed by atoms with Crippen molar-refractivity contribution in [2.75, 3.05) is 13.1 Å². The molecule has 172 valence electrons. The van der Waals surface area contributed by atoms with Crippen LogP contribution in [-0.2, 0) is 12.0 Å². The first kappa shape index (κ1) is 23.8. The summed E-state index contributed by atoms with van der Waals surface area (Å²) in [4.78, 5) is 3.31. The molecule has 1 aliphatic rings. The zero-order valence-electron chi connectivity index (χ0n) is 19.8. The van der Waals surface area contributed by atoms with Crippen molar-refractivity contribution in [2.45, 2.75) is 36.6 Å². The molecule has 0 spiro atoms. The molecular weight excluding hydrogens is 432 g/mol. The molecule has 0 radical (unpaired) electrons. The second-order valence-corrected chi connectivity index (χ2v) is 9.24. The number of piperidine rings is 1. The molecule has 2 nitrogen and oxygen atoms in total. The fraction of sp³-hybridized carbons (Fsp3) is 0.226. The Kier molecular flexibility index (Phi) is 7.83. The minimum absolute atomic E-state index is 0.0524. The van der Waals surface area contributed by atoms with Crippen molar-refractivity contribution < 1.29 is 0 Å². The number of likely N-dealkylation sites (tertiary alicyclic amines) is 1. The van der Waals surface area contributed by atoms with Crippen LogP contribution >= 0.6 is 12.6 Å². The van der Waals surface area contributed by atoms with E-state index in [2.05, 4.69) is 96.7 Å². The Morgan fingerprint density at radius 1 is 0.971 bits per heavy atom. The quantitative estimate of drug-likeness (QED) is 0.317. The third-order valence-corrected chi connectivity index (χ3v) is 6.97. The summed E-state index contributed by atoms with van der Waals surface area (Å²) in [7, 11) is 0. The first-order valence-electron chi connectivity index (χ1n) is 11.9. The molecule has 0 bridgehead atoms. The van der Waals surface area contributed by atoms with Crippen LogP contribution in [0.25, 0.3) is 0 Å². The molecule has 1 aliphatic heterocycles. The third-order valence-electron chi connectivity index (χ3n) is 6.67. The monoisotopic (exact) mass is 464 g/mol. The van der Waals surface area contributed by atoms with E-state index in [0.717, 1.165) is 48.6 Å². The van der Waals surface area contributed by atoms with Gasteiger partial charge in [-0.1, -0.05) is 79.2 Å². The Morgan fingerprint density at radius 3 is 2.21 bits per heavy atom. The van der Waals surface area contributed by atoms with Gasteiger partial charge < -0.3 is 10.2 Å². The summed E-state index contributed by atoms with van der Waals surface area (Å²) in [6, 6.07) is 29.4. The maximum atomic E-state index is 4.41. The number of hydrogen-bond donors (Lipinski definition) is 2. The van der Waals surface area contributed by atoms with Gasteiger partial charge in [0.2, 0.25) is 0 Å². The Hall–Kier alpha value is -3.35. The van der Waals surface area contributed by atoms with Crippen LogP contribution < -0.4 is 5.32 Å². The van der Waals surface area contributed by atoms with Gasteiger partial charge in [0.15, 0.2) is 0 Å². The molecular formula is C31H32N2S. The molecule has 0 saturated carbocycles. The standard InChI is InChI=1S/C31H32N2S/c1-3-30(32-24-27-16-18-29(34)19-17-27)31(28-12-8-5-9-13-28)20-22-33(23-21-31)25(2)14-15-26-10-6-4-7-11-26/h3-13,16-19,32,34H,2,20-24H2,1H3/b30-3-. The van der Waals surface area contributed by atoms with Crippen molar-refractivity contribution in [1.82, 2.24) is 10.2 Å². The van der Waals surface area contributed by atoms with E-state index in [-0.39, 0.29) is 5.41 Å². The largest absolute Gasteiger partial charge is 0.384 e. The molecule has 0 amide bonds. The number of nitrogens with zero attached hydrogens (tertiary/aromatic N) is 1. The molecule has 1 saturated heterocycles. The Balaban J connectivity index is 1.51. The van der Waals surface area contributed by atoms with Gasteiger partial charge >= 0.3 is 0 Å². The highest BCUT2D eigenvalue weighted by atomic mass is 32.1. The zero-order valence-corrected chi connectivity index (χ0v) is 20.7. The first-order valence-corrected chi connectivity index (χ1v) is 12.3. The highest BCUT2D eigenvalue weighted by Crippen LogP contribution is 2.41. The fourth-order valence-corrected chi connectivity index (χ4v) is 4.88. The third kappa shape index (κ3) is 5.58. The van der Waals surface area contributed by atoms with Gasteiger partial charge in [-0.2, -0.15) is 0 Å². The van der Waals surface area contributed by atoms with Crippen LogP contribution in [0.3, 0.4) is 0 Å². The van der Waals surface area contributed by atoms with Crippen LogP contribution in [0.4, 0.5) is 0 Å². The highest BCUT2D eigenvalue weighted by molar-refractivity contribution is 7.80. The molecule has 1 heterocycles. The molecule has 0 aliphatic carbocycles. The van der Waals surface area contributed by atoms with Gasteiger partial charge in [-0.15, -0.1) is 12.6 Å². The molecule has 0 unspecified atom stereocenters. The van der Waals surface area contributed by atoms with E-state index in [9.17, 15) is 0 Å². The van der Waals surface area contributed by atoms with Crippen molar-refractivity contribution in [1.29, 1.82) is 0 Å². The Morgan fingerprint density at radius 2 is 1.59 bits per heavy atom. The van der Waals surface area contributed by atoms with E-state index in [1.54, 1.807) is 0 Å². The summed E-state index contributed by atoms with van der Waals surface area (Å²) >= 11 is 4.41. The van der Waals surface area contributed by atoms with Gasteiger partial charge in [0, 0.05) is 41.2 Å². The maximum Gasteiger partial charge on any atom is 0.0810 e. The lowest BCUT2D eigenvalue weighted by molar-refractivity contribution is 0.217. The molecule has 3 aromatic carbocycles. The zero-order chi connectivity index (χ0) is 23.8. The smallest absolute Gasteiger partial charge is 0.0810 e. The summed E-state index contributed by atoms with van der Waals surface area (Å²) in [6.07, 6.45) is 4.26. The summed E-state index contributed by atoms with van der Waals surface area (Å²) < 4.78 is 0. The van der Waals surface area contributed by atoms with Crippen LogP contribution in [0, 0.1) is 11.8 Å². The van der Waals surface area contributed by atoms with Crippen LogP contribution in [0.1, 0.15) is 36.5 Å². The van der Waals surface area contributed by atoms with Crippen LogP contribution in [0.2, 0.25) is 0 Å². The van der Waals surface area contributed by atoms with Crippen molar-refractivity contribution in [2.24, 2.45) is 0 Å². The molecule has 1 N–H and O–H groups in total. The van der Waals surface area contributed by atoms with Crippen molar-refractivity contribution >= 4 is 12.6 Å². The summed E-state index contributed by atoms with van der Waals surface area (Å²) in [5, 5.41) is 3.77. The second kappa shape index (κ2) is 11.2. The highest BCUT2D eigenvalue weighted by Gasteiger charge is 2.39. The number of thiol groups is 1. The molecule has 0 atom stereocenters. The van der Waals surface area contributed by atoms with E-state index < -0.39 is 0 Å². The molecule has 1 fully saturated rings. The lowest BCUT2D eigenvalue weighted by Crippen LogP contribution is -2.46. The molecule has 4 rings (SSSR count). The van der Waals surface area contributed by atoms with Gasteiger partial charge in [0.05, 0.1) is 5.70 Å². The average Bonchev–Trinajstić information content (AvgIpc) is 2.90. The van der Waals surface area contributed by atoms with E-state index in [1.165, 1.54) is 16.8 Å². The SMILES string of the molecule is C=C(C#Cc1ccccc1)N1CCC(/C(=C/C)NCc2ccc(S)cc2)(c2ccccc2)CC1. The molecule has 3 aromatic rings. The molecule has 3 heteroatoms. The minimum Gasteiger partial charge on any atom is -0.384 e. The van der Waals surface area contributed by atoms with Gasteiger partial charge in [-0.25, -0.2) is 0 Å². The van der Waals surface area contributed by atoms with E-state index in [0.29, 0.717) is 0 Å². The predicted molar refractivity (Wildman–Crippen MR) is 146 cm³/mol. The fourth-order valence-electron chi connectivity index (χ4n) is 4.73. The van der Waals surface area contributed by atoms with Gasteiger partial charge in [-0.05, 0) is 61.1 Å². The first-order chi connectivity index (χ1) is 16.6. The Labute approximate surface area is 209 Å². The van der Waals surface area contributed by atoms with E-state index >= 15 is 0 Å². The van der Waals surface area contributed by atoms with E-state index in [4.69, 9.17) is 0 Å². The van der Waals surface area contributed by atoms with Crippen molar-refractivity contribution in [3.63, 3.8) is 0 Å². The summed E-state index contributed by atoms with van der Waals surface area (Å²) in [5.41, 5.74) is 5.76. The summed E-state index contributed by atoms with van der Waals surface area (Å²) in [6.45, 7) is 9.05. The molecule has 34 heavy (non-hydrogen) atoms. The van der Waals surface area contributed by atoms with Crippen LogP contribution in [0.15, 0.2) is 114 Å². The second-order valence-electron chi connectivity index (χ2n) is 8.72. The summed E-state index contributed by atoms with van der Waals surface area (Å²) in [5.74, 6) is 6.53. The predicted octanol–water partition coefficient (Wildman–Crippen LogP) is 6.57. The lowest BCUT2D eigenvalue weighted by atomic mass is 9.70. The molecule has 0 aromatic heterocycles. The van der Waals surface area contributed by atoms with Gasteiger partial charge in [-0.3, -0.25) is 0 Å². The van der Waals surface area contributed by atoms with Gasteiger partial charge in [0.25, 0.3) is 0 Å². The topological polar surface area (TPSA) is 15.3 Å². The van der Waals surface area contributed by atoms with Crippen LogP contribution in [0.5, 0.6) is 0 Å². The number of hydrogen-bond acceptors (Lipinski definition) is 3. The number of allylic oxidation sites excluding steroid dienone is 3. The van der Waals surface area contributed by atoms with Crippen molar-refractivity contribution in [3.8, 4) is 11.8 Å². The normalized spacial score (nSPS) is 15.2.